The van der Waals surface area contributed by atoms with Gasteiger partial charge in [-0.25, -0.2) is 0 Å². The first-order valence-electron chi connectivity index (χ1n) is 7.03. The second kappa shape index (κ2) is 7.12. The van der Waals surface area contributed by atoms with Crippen molar-refractivity contribution in [1.82, 2.24) is 0 Å². The van der Waals surface area contributed by atoms with Crippen molar-refractivity contribution < 1.29 is 22.8 Å². The van der Waals surface area contributed by atoms with Gasteiger partial charge in [-0.05, 0) is 42.8 Å². The van der Waals surface area contributed by atoms with E-state index in [9.17, 15) is 22.8 Å². The maximum absolute atomic E-state index is 12.5. The normalized spacial score (nSPS) is 11.5. The molecule has 0 atom stereocenters. The van der Waals surface area contributed by atoms with Gasteiger partial charge in [0.1, 0.15) is 0 Å². The van der Waals surface area contributed by atoms with Crippen LogP contribution in [0.4, 0.5) is 18.9 Å². The van der Waals surface area contributed by atoms with Crippen molar-refractivity contribution in [1.29, 1.82) is 0 Å². The van der Waals surface area contributed by atoms with Crippen LogP contribution in [0.5, 0.6) is 0 Å². The van der Waals surface area contributed by atoms with Crippen molar-refractivity contribution in [2.24, 2.45) is 0 Å². The highest BCUT2D eigenvalue weighted by Crippen LogP contribution is 2.29. The second-order valence-corrected chi connectivity index (χ2v) is 5.04. The average molecular weight is 333 g/mol. The van der Waals surface area contributed by atoms with E-state index < -0.39 is 17.6 Å². The summed E-state index contributed by atoms with van der Waals surface area (Å²) in [4.78, 5) is 23.4. The number of nitrogens with one attached hydrogen (secondary N) is 1. The van der Waals surface area contributed by atoms with Gasteiger partial charge in [0.05, 0.1) is 11.3 Å². The Morgan fingerprint density at radius 2 is 1.62 bits per heavy atom. The first-order chi connectivity index (χ1) is 11.3. The minimum Gasteiger partial charge on any atom is -0.322 e. The number of carbonyl (C=O) groups is 2. The summed E-state index contributed by atoms with van der Waals surface area (Å²) in [6.45, 7) is 1.39. The quantitative estimate of drug-likeness (QED) is 0.658. The number of benzene rings is 2. The molecule has 3 nitrogen and oxygen atoms in total. The Kier molecular flexibility index (Phi) is 5.18. The fraction of sp³-hybridized carbons (Fsp3) is 0.111. The molecule has 124 valence electrons. The van der Waals surface area contributed by atoms with E-state index in [1.54, 1.807) is 24.3 Å². The van der Waals surface area contributed by atoms with Crippen LogP contribution < -0.4 is 5.32 Å². The van der Waals surface area contributed by atoms with Gasteiger partial charge in [0, 0.05) is 11.6 Å². The summed E-state index contributed by atoms with van der Waals surface area (Å²) in [6, 6.07) is 11.0. The van der Waals surface area contributed by atoms with Crippen LogP contribution in [0.1, 0.15) is 28.4 Å². The number of carbonyl (C=O) groups excluding carboxylic acids is 2. The molecule has 0 saturated heterocycles. The monoisotopic (exact) mass is 333 g/mol. The van der Waals surface area contributed by atoms with Crippen molar-refractivity contribution in [2.45, 2.75) is 13.1 Å². The van der Waals surface area contributed by atoms with E-state index in [2.05, 4.69) is 5.32 Å². The molecule has 0 aliphatic rings. The number of amides is 1. The van der Waals surface area contributed by atoms with E-state index in [1.807, 2.05) is 0 Å². The highest BCUT2D eigenvalue weighted by Gasteiger charge is 2.29. The van der Waals surface area contributed by atoms with Crippen molar-refractivity contribution in [3.63, 3.8) is 0 Å². The number of rotatable bonds is 4. The van der Waals surface area contributed by atoms with Gasteiger partial charge < -0.3 is 5.32 Å². The van der Waals surface area contributed by atoms with Crippen LogP contribution in [0, 0.1) is 0 Å². The van der Waals surface area contributed by atoms with Crippen LogP contribution >= 0.6 is 0 Å². The zero-order valence-electron chi connectivity index (χ0n) is 12.7. The fourth-order valence-electron chi connectivity index (χ4n) is 2.03. The SMILES string of the molecule is CC(=O)c1ccccc1NC(=O)/C=C\c1ccc(C(F)(F)F)cc1. The van der Waals surface area contributed by atoms with Gasteiger partial charge in [0.25, 0.3) is 0 Å². The number of anilines is 1. The van der Waals surface area contributed by atoms with Crippen LogP contribution in [0.2, 0.25) is 0 Å². The van der Waals surface area contributed by atoms with E-state index >= 15 is 0 Å². The van der Waals surface area contributed by atoms with Gasteiger partial charge in [-0.2, -0.15) is 13.2 Å². The number of alkyl halides is 3. The summed E-state index contributed by atoms with van der Waals surface area (Å²) in [5, 5.41) is 2.57. The molecule has 0 fully saturated rings. The molecular weight excluding hydrogens is 319 g/mol. The largest absolute Gasteiger partial charge is 0.416 e. The van der Waals surface area contributed by atoms with Gasteiger partial charge >= 0.3 is 6.18 Å². The van der Waals surface area contributed by atoms with Crippen LogP contribution in [0.15, 0.2) is 54.6 Å². The van der Waals surface area contributed by atoms with Crippen LogP contribution in [-0.4, -0.2) is 11.7 Å². The highest BCUT2D eigenvalue weighted by molar-refractivity contribution is 6.07. The van der Waals surface area contributed by atoms with Crippen LogP contribution in [0.3, 0.4) is 0 Å². The summed E-state index contributed by atoms with van der Waals surface area (Å²) in [5.41, 5.74) is 0.471. The molecule has 2 aromatic carbocycles. The van der Waals surface area contributed by atoms with Crippen LogP contribution in [0.25, 0.3) is 6.08 Å². The molecule has 0 unspecified atom stereocenters. The van der Waals surface area contributed by atoms with Crippen molar-refractivity contribution in [2.75, 3.05) is 5.32 Å². The number of hydrogen-bond donors (Lipinski definition) is 1. The lowest BCUT2D eigenvalue weighted by Crippen LogP contribution is -2.11. The number of para-hydroxylation sites is 1. The predicted octanol–water partition coefficient (Wildman–Crippen LogP) is 4.56. The van der Waals surface area contributed by atoms with E-state index in [-0.39, 0.29) is 5.78 Å². The lowest BCUT2D eigenvalue weighted by Gasteiger charge is -2.07. The average Bonchev–Trinajstić information content (AvgIpc) is 2.53. The van der Waals surface area contributed by atoms with Crippen LogP contribution in [-0.2, 0) is 11.0 Å². The molecule has 0 aromatic heterocycles. The third-order valence-corrected chi connectivity index (χ3v) is 3.23. The molecule has 0 bridgehead atoms. The van der Waals surface area contributed by atoms with Gasteiger partial charge in [0.2, 0.25) is 5.91 Å². The Morgan fingerprint density at radius 3 is 2.21 bits per heavy atom. The Balaban J connectivity index is 2.07. The molecule has 24 heavy (non-hydrogen) atoms. The molecule has 2 aromatic rings. The summed E-state index contributed by atoms with van der Waals surface area (Å²) in [6.07, 6.45) is -1.80. The lowest BCUT2D eigenvalue weighted by molar-refractivity contribution is -0.137. The molecule has 0 spiro atoms. The van der Waals surface area contributed by atoms with Crippen molar-refractivity contribution in [3.8, 4) is 0 Å². The van der Waals surface area contributed by atoms with Gasteiger partial charge in [0.15, 0.2) is 5.78 Å². The molecule has 0 aliphatic carbocycles. The fourth-order valence-corrected chi connectivity index (χ4v) is 2.03. The van der Waals surface area contributed by atoms with Gasteiger partial charge in [-0.3, -0.25) is 9.59 Å². The van der Waals surface area contributed by atoms with E-state index in [0.29, 0.717) is 16.8 Å². The maximum atomic E-state index is 12.5. The van der Waals surface area contributed by atoms with E-state index in [4.69, 9.17) is 0 Å². The molecule has 6 heteroatoms. The standard InChI is InChI=1S/C18H14F3NO2/c1-12(23)15-4-2-3-5-16(15)22-17(24)11-8-13-6-9-14(10-7-13)18(19,20)21/h2-11H,1H3,(H,22,24)/b11-8-. The highest BCUT2D eigenvalue weighted by atomic mass is 19.4. The Hall–Kier alpha value is -2.89. The van der Waals surface area contributed by atoms with Gasteiger partial charge in [-0.1, -0.05) is 24.3 Å². The summed E-state index contributed by atoms with van der Waals surface area (Å²) >= 11 is 0. The first-order valence-corrected chi connectivity index (χ1v) is 7.03. The molecular formula is C18H14F3NO2. The molecule has 0 radical (unpaired) electrons. The summed E-state index contributed by atoms with van der Waals surface area (Å²) < 4.78 is 37.4. The number of halogens is 3. The molecule has 1 N–H and O–H groups in total. The van der Waals surface area contributed by atoms with Crippen molar-refractivity contribution in [3.05, 3.63) is 71.3 Å². The van der Waals surface area contributed by atoms with E-state index in [1.165, 1.54) is 31.2 Å². The molecule has 1 amide bonds. The third kappa shape index (κ3) is 4.55. The lowest BCUT2D eigenvalue weighted by atomic mass is 10.1. The second-order valence-electron chi connectivity index (χ2n) is 5.04. The minimum atomic E-state index is -4.39. The Bertz CT molecular complexity index is 778. The zero-order valence-corrected chi connectivity index (χ0v) is 12.7. The zero-order chi connectivity index (χ0) is 17.7. The summed E-state index contributed by atoms with van der Waals surface area (Å²) in [7, 11) is 0. The first kappa shape index (κ1) is 17.5. The third-order valence-electron chi connectivity index (χ3n) is 3.23. The molecule has 0 saturated carbocycles. The van der Waals surface area contributed by atoms with Crippen molar-refractivity contribution >= 4 is 23.5 Å². The molecule has 0 heterocycles. The maximum Gasteiger partial charge on any atom is 0.416 e. The Labute approximate surface area is 136 Å². The van der Waals surface area contributed by atoms with E-state index in [0.717, 1.165) is 12.1 Å². The number of Topliss-reactive ketones (excluding diaryl/α,β-unsaturated/α-hetero) is 1. The predicted molar refractivity (Wildman–Crippen MR) is 85.6 cm³/mol. The molecule has 0 aliphatic heterocycles. The van der Waals surface area contributed by atoms with Gasteiger partial charge in [-0.15, -0.1) is 0 Å². The summed E-state index contributed by atoms with van der Waals surface area (Å²) in [5.74, 6) is -0.666. The topological polar surface area (TPSA) is 46.2 Å². The number of hydrogen-bond acceptors (Lipinski definition) is 2. The minimum absolute atomic E-state index is 0.183. The smallest absolute Gasteiger partial charge is 0.322 e. The Morgan fingerprint density at radius 1 is 1.00 bits per heavy atom. The number of ketones is 1. The molecule has 2 rings (SSSR count).